The molecule has 0 aliphatic carbocycles. The molecule has 1 aromatic rings. The average molecular weight is 212 g/mol. The molecule has 13 heavy (non-hydrogen) atoms. The van der Waals surface area contributed by atoms with Crippen LogP contribution in [0.5, 0.6) is 0 Å². The summed E-state index contributed by atoms with van der Waals surface area (Å²) in [5.41, 5.74) is 0. The Morgan fingerprint density at radius 2 is 2.08 bits per heavy atom. The van der Waals surface area contributed by atoms with Gasteiger partial charge in [-0.05, 0) is 12.1 Å². The molecule has 1 atom stereocenters. The maximum Gasteiger partial charge on any atom is 0.0900 e. The summed E-state index contributed by atoms with van der Waals surface area (Å²) >= 11 is 3.85. The number of epoxide rings is 1. The highest BCUT2D eigenvalue weighted by molar-refractivity contribution is 8.16. The van der Waals surface area contributed by atoms with Crippen molar-refractivity contribution in [2.75, 3.05) is 17.4 Å². The Morgan fingerprint density at radius 3 is 2.77 bits per heavy atom. The Kier molecular flexibility index (Phi) is 3.58. The minimum atomic E-state index is 0.557. The van der Waals surface area contributed by atoms with E-state index in [-0.39, 0.29) is 0 Å². The van der Waals surface area contributed by atoms with Crippen LogP contribution in [0.25, 0.3) is 0 Å². The zero-order chi connectivity index (χ0) is 8.93. The summed E-state index contributed by atoms with van der Waals surface area (Å²) in [6, 6.07) is 10.5. The van der Waals surface area contributed by atoms with Crippen LogP contribution in [-0.2, 0) is 4.74 Å². The Balaban J connectivity index is 1.61. The lowest BCUT2D eigenvalue weighted by molar-refractivity contribution is 0.426. The predicted octanol–water partition coefficient (Wildman–Crippen LogP) is 2.87. The molecule has 1 aliphatic rings. The highest BCUT2D eigenvalue weighted by Crippen LogP contribution is 2.24. The van der Waals surface area contributed by atoms with Crippen molar-refractivity contribution in [2.24, 2.45) is 0 Å². The maximum atomic E-state index is 5.13. The molecule has 0 aromatic heterocycles. The lowest BCUT2D eigenvalue weighted by Crippen LogP contribution is -1.88. The third-order valence-electron chi connectivity index (χ3n) is 1.76. The van der Waals surface area contributed by atoms with Crippen LogP contribution in [0.15, 0.2) is 35.2 Å². The van der Waals surface area contributed by atoms with Crippen molar-refractivity contribution in [2.45, 2.75) is 11.0 Å². The molecule has 0 radical (unpaired) electrons. The summed E-state index contributed by atoms with van der Waals surface area (Å²) in [4.78, 5) is 1.35. The van der Waals surface area contributed by atoms with Crippen molar-refractivity contribution >= 4 is 23.5 Å². The molecule has 0 amide bonds. The van der Waals surface area contributed by atoms with Crippen LogP contribution >= 0.6 is 23.5 Å². The SMILES string of the molecule is c1ccc(SCSCC2CO2)cc1. The second-order valence-electron chi connectivity index (χ2n) is 2.90. The van der Waals surface area contributed by atoms with Gasteiger partial charge in [0.25, 0.3) is 0 Å². The topological polar surface area (TPSA) is 12.5 Å². The fourth-order valence-electron chi connectivity index (χ4n) is 0.970. The highest BCUT2D eigenvalue weighted by atomic mass is 32.2. The molecule has 1 saturated heterocycles. The van der Waals surface area contributed by atoms with Crippen molar-refractivity contribution in [3.8, 4) is 0 Å². The standard InChI is InChI=1S/C10H12OS2/c1-2-4-10(5-3-1)13-8-12-7-9-6-11-9/h1-5,9H,6-8H2. The van der Waals surface area contributed by atoms with E-state index in [0.29, 0.717) is 6.10 Å². The summed E-state index contributed by atoms with van der Waals surface area (Å²) in [6.07, 6.45) is 0.557. The van der Waals surface area contributed by atoms with E-state index in [1.54, 1.807) is 0 Å². The van der Waals surface area contributed by atoms with Gasteiger partial charge < -0.3 is 4.74 Å². The molecule has 1 nitrogen and oxygen atoms in total. The predicted molar refractivity (Wildman–Crippen MR) is 59.4 cm³/mol. The molecule has 0 bridgehead atoms. The summed E-state index contributed by atoms with van der Waals surface area (Å²) < 4.78 is 5.13. The van der Waals surface area contributed by atoms with Gasteiger partial charge >= 0.3 is 0 Å². The smallest absolute Gasteiger partial charge is 0.0900 e. The van der Waals surface area contributed by atoms with Crippen molar-refractivity contribution < 1.29 is 4.74 Å². The number of thioether (sulfide) groups is 2. The maximum absolute atomic E-state index is 5.13. The van der Waals surface area contributed by atoms with Gasteiger partial charge in [0.05, 0.1) is 12.7 Å². The second-order valence-corrected chi connectivity index (χ2v) is 5.35. The number of benzene rings is 1. The van der Waals surface area contributed by atoms with Gasteiger partial charge in [-0.25, -0.2) is 0 Å². The van der Waals surface area contributed by atoms with Crippen molar-refractivity contribution in [3.05, 3.63) is 30.3 Å². The zero-order valence-electron chi connectivity index (χ0n) is 7.31. The molecule has 3 heteroatoms. The number of rotatable bonds is 5. The first kappa shape index (κ1) is 9.44. The lowest BCUT2D eigenvalue weighted by atomic mass is 10.4. The van der Waals surface area contributed by atoms with Gasteiger partial charge in [-0.3, -0.25) is 0 Å². The summed E-state index contributed by atoms with van der Waals surface area (Å²) in [5, 5.41) is 1.13. The Hall–Kier alpha value is -0.120. The van der Waals surface area contributed by atoms with E-state index in [2.05, 4.69) is 30.3 Å². The second kappa shape index (κ2) is 4.94. The molecule has 1 unspecified atom stereocenters. The molecule has 70 valence electrons. The number of hydrogen-bond donors (Lipinski definition) is 0. The lowest BCUT2D eigenvalue weighted by Gasteiger charge is -1.99. The van der Waals surface area contributed by atoms with Gasteiger partial charge in [0, 0.05) is 15.7 Å². The number of ether oxygens (including phenoxy) is 1. The first-order valence-corrected chi connectivity index (χ1v) is 6.46. The van der Waals surface area contributed by atoms with Gasteiger partial charge in [0.2, 0.25) is 0 Å². The minimum absolute atomic E-state index is 0.557. The van der Waals surface area contributed by atoms with Crippen LogP contribution in [0.1, 0.15) is 0 Å². The fraction of sp³-hybridized carbons (Fsp3) is 0.400. The van der Waals surface area contributed by atoms with Crippen LogP contribution < -0.4 is 0 Å². The van der Waals surface area contributed by atoms with Crippen LogP contribution in [0.3, 0.4) is 0 Å². The van der Waals surface area contributed by atoms with Gasteiger partial charge in [0.1, 0.15) is 0 Å². The molecular weight excluding hydrogens is 200 g/mol. The van der Waals surface area contributed by atoms with E-state index in [0.717, 1.165) is 17.4 Å². The molecular formula is C10H12OS2. The zero-order valence-corrected chi connectivity index (χ0v) is 8.94. The summed E-state index contributed by atoms with van der Waals surface area (Å²) in [5.74, 6) is 1.15. The molecule has 0 saturated carbocycles. The normalized spacial score (nSPS) is 20.2. The van der Waals surface area contributed by atoms with E-state index in [4.69, 9.17) is 4.74 Å². The first-order valence-electron chi connectivity index (χ1n) is 4.32. The third kappa shape index (κ3) is 3.63. The average Bonchev–Trinajstić information content (AvgIpc) is 2.98. The molecule has 2 rings (SSSR count). The van der Waals surface area contributed by atoms with Gasteiger partial charge in [-0.2, -0.15) is 0 Å². The van der Waals surface area contributed by atoms with Crippen LogP contribution in [0, 0.1) is 0 Å². The summed E-state index contributed by atoms with van der Waals surface area (Å²) in [7, 11) is 0. The summed E-state index contributed by atoms with van der Waals surface area (Å²) in [6.45, 7) is 0.975. The first-order chi connectivity index (χ1) is 6.45. The van der Waals surface area contributed by atoms with Gasteiger partial charge in [-0.15, -0.1) is 23.5 Å². The molecule has 1 fully saturated rings. The van der Waals surface area contributed by atoms with Crippen molar-refractivity contribution in [1.82, 2.24) is 0 Å². The Morgan fingerprint density at radius 1 is 1.31 bits per heavy atom. The fourth-order valence-corrected chi connectivity index (χ4v) is 3.04. The highest BCUT2D eigenvalue weighted by Gasteiger charge is 2.21. The van der Waals surface area contributed by atoms with E-state index in [1.807, 2.05) is 23.5 Å². The monoisotopic (exact) mass is 212 g/mol. The van der Waals surface area contributed by atoms with Crippen molar-refractivity contribution in [3.63, 3.8) is 0 Å². The van der Waals surface area contributed by atoms with Crippen LogP contribution in [0.4, 0.5) is 0 Å². The van der Waals surface area contributed by atoms with Gasteiger partial charge in [-0.1, -0.05) is 18.2 Å². The van der Waals surface area contributed by atoms with Crippen LogP contribution in [-0.4, -0.2) is 23.5 Å². The van der Waals surface area contributed by atoms with E-state index >= 15 is 0 Å². The Labute approximate surface area is 87.2 Å². The van der Waals surface area contributed by atoms with Crippen LogP contribution in [0.2, 0.25) is 0 Å². The molecule has 0 N–H and O–H groups in total. The Bertz CT molecular complexity index is 246. The van der Waals surface area contributed by atoms with E-state index in [1.165, 1.54) is 4.90 Å². The van der Waals surface area contributed by atoms with Gasteiger partial charge in [0.15, 0.2) is 0 Å². The van der Waals surface area contributed by atoms with Crippen molar-refractivity contribution in [1.29, 1.82) is 0 Å². The quantitative estimate of drug-likeness (QED) is 0.322. The van der Waals surface area contributed by atoms with E-state index in [9.17, 15) is 0 Å². The number of hydrogen-bond acceptors (Lipinski definition) is 3. The third-order valence-corrected chi connectivity index (χ3v) is 4.11. The largest absolute Gasteiger partial charge is 0.372 e. The molecule has 1 heterocycles. The molecule has 1 aliphatic heterocycles. The minimum Gasteiger partial charge on any atom is -0.372 e. The molecule has 1 aromatic carbocycles. The molecule has 0 spiro atoms. The van der Waals surface area contributed by atoms with E-state index < -0.39 is 0 Å².